The van der Waals surface area contributed by atoms with Crippen molar-refractivity contribution in [3.05, 3.63) is 53.7 Å². The van der Waals surface area contributed by atoms with Crippen LogP contribution in [-0.2, 0) is 21.1 Å². The fourth-order valence-corrected chi connectivity index (χ4v) is 3.82. The second kappa shape index (κ2) is 7.98. The monoisotopic (exact) mass is 399 g/mol. The van der Waals surface area contributed by atoms with E-state index in [4.69, 9.17) is 10.00 Å². The number of ether oxygens (including phenoxy) is 1. The molecule has 1 aliphatic rings. The molecule has 28 heavy (non-hydrogen) atoms. The van der Waals surface area contributed by atoms with Crippen LogP contribution in [-0.4, -0.2) is 48.7 Å². The van der Waals surface area contributed by atoms with Crippen LogP contribution in [0.3, 0.4) is 0 Å². The maximum Gasteiger partial charge on any atom is 0.227 e. The number of hydrogen-bond acceptors (Lipinski definition) is 6. The summed E-state index contributed by atoms with van der Waals surface area (Å²) in [4.78, 5) is 18.4. The van der Waals surface area contributed by atoms with Crippen molar-refractivity contribution in [2.75, 3.05) is 13.1 Å². The molecule has 2 heterocycles. The summed E-state index contributed by atoms with van der Waals surface area (Å²) in [5, 5.41) is 8.28. The molecular weight excluding hydrogens is 378 g/mol. The first-order valence-electron chi connectivity index (χ1n) is 8.93. The summed E-state index contributed by atoms with van der Waals surface area (Å²) >= 11 is 0. The van der Waals surface area contributed by atoms with Crippen molar-refractivity contribution in [2.45, 2.75) is 36.5 Å². The van der Waals surface area contributed by atoms with Crippen LogP contribution in [0.5, 0.6) is 5.88 Å². The number of sulfone groups is 1. The van der Waals surface area contributed by atoms with E-state index in [-0.39, 0.29) is 23.3 Å². The number of amides is 1. The molecule has 1 aromatic carbocycles. The molecular formula is C20H21N3O4S. The molecule has 2 aromatic rings. The SMILES string of the molecule is CC(C)S(=O)(=O)c1ccc(CC(=O)N2CC(Oc3ccc(C#N)cn3)C2)cc1. The standard InChI is InChI=1S/C20H21N3O4S/c1-14(2)28(25,26)18-6-3-15(4-7-18)9-20(24)23-12-17(13-23)27-19-8-5-16(10-21)11-22-19/h3-8,11,14,17H,9,12-13H2,1-2H3. The van der Waals surface area contributed by atoms with E-state index >= 15 is 0 Å². The van der Waals surface area contributed by atoms with Gasteiger partial charge in [0.05, 0.1) is 35.2 Å². The molecule has 0 unspecified atom stereocenters. The van der Waals surface area contributed by atoms with E-state index in [1.54, 1.807) is 55.1 Å². The summed E-state index contributed by atoms with van der Waals surface area (Å²) in [5.74, 6) is 0.394. The Labute approximate surface area is 164 Å². The summed E-state index contributed by atoms with van der Waals surface area (Å²) in [7, 11) is -3.31. The Morgan fingerprint density at radius 2 is 1.93 bits per heavy atom. The van der Waals surface area contributed by atoms with Gasteiger partial charge in [-0.25, -0.2) is 13.4 Å². The maximum atomic E-state index is 12.4. The molecule has 0 radical (unpaired) electrons. The number of likely N-dealkylation sites (tertiary alicyclic amines) is 1. The molecule has 0 aliphatic carbocycles. The van der Waals surface area contributed by atoms with Crippen molar-refractivity contribution in [1.82, 2.24) is 9.88 Å². The van der Waals surface area contributed by atoms with E-state index in [0.717, 1.165) is 5.56 Å². The molecule has 0 spiro atoms. The van der Waals surface area contributed by atoms with Crippen LogP contribution in [0.4, 0.5) is 0 Å². The predicted molar refractivity (Wildman–Crippen MR) is 102 cm³/mol. The van der Waals surface area contributed by atoms with E-state index in [9.17, 15) is 13.2 Å². The zero-order valence-electron chi connectivity index (χ0n) is 15.7. The Bertz CT molecular complexity index is 987. The third-order valence-corrected chi connectivity index (χ3v) is 6.75. The Morgan fingerprint density at radius 3 is 2.46 bits per heavy atom. The number of carbonyl (C=O) groups is 1. The molecule has 1 amide bonds. The lowest BCUT2D eigenvalue weighted by atomic mass is 10.1. The molecule has 7 nitrogen and oxygen atoms in total. The van der Waals surface area contributed by atoms with Crippen LogP contribution in [0.15, 0.2) is 47.5 Å². The van der Waals surface area contributed by atoms with Crippen LogP contribution in [0.2, 0.25) is 0 Å². The number of hydrogen-bond donors (Lipinski definition) is 0. The average molecular weight is 399 g/mol. The molecule has 1 aromatic heterocycles. The highest BCUT2D eigenvalue weighted by Gasteiger charge is 2.32. The average Bonchev–Trinajstić information content (AvgIpc) is 2.65. The first-order valence-corrected chi connectivity index (χ1v) is 10.5. The van der Waals surface area contributed by atoms with Crippen molar-refractivity contribution in [3.8, 4) is 11.9 Å². The summed E-state index contributed by atoms with van der Waals surface area (Å²) in [5.41, 5.74) is 1.23. The van der Waals surface area contributed by atoms with Crippen LogP contribution >= 0.6 is 0 Å². The largest absolute Gasteiger partial charge is 0.471 e. The molecule has 0 atom stereocenters. The van der Waals surface area contributed by atoms with Gasteiger partial charge in [0.25, 0.3) is 0 Å². The van der Waals surface area contributed by atoms with E-state index in [2.05, 4.69) is 4.98 Å². The van der Waals surface area contributed by atoms with Gasteiger partial charge in [-0.2, -0.15) is 5.26 Å². The molecule has 8 heteroatoms. The lowest BCUT2D eigenvalue weighted by Crippen LogP contribution is -2.56. The van der Waals surface area contributed by atoms with Crippen molar-refractivity contribution >= 4 is 15.7 Å². The number of nitriles is 1. The molecule has 3 rings (SSSR count). The van der Waals surface area contributed by atoms with Gasteiger partial charge < -0.3 is 9.64 Å². The van der Waals surface area contributed by atoms with Crippen LogP contribution < -0.4 is 4.74 Å². The Morgan fingerprint density at radius 1 is 1.25 bits per heavy atom. The Balaban J connectivity index is 1.50. The third-order valence-electron chi connectivity index (χ3n) is 4.58. The van der Waals surface area contributed by atoms with Crippen LogP contribution in [0, 0.1) is 11.3 Å². The minimum atomic E-state index is -3.31. The van der Waals surface area contributed by atoms with Crippen LogP contribution in [0.1, 0.15) is 25.0 Å². The van der Waals surface area contributed by atoms with Crippen molar-refractivity contribution < 1.29 is 17.9 Å². The molecule has 0 bridgehead atoms. The van der Waals surface area contributed by atoms with Gasteiger partial charge in [-0.3, -0.25) is 4.79 Å². The van der Waals surface area contributed by atoms with Crippen molar-refractivity contribution in [3.63, 3.8) is 0 Å². The quantitative estimate of drug-likeness (QED) is 0.736. The molecule has 1 saturated heterocycles. The summed E-state index contributed by atoms with van der Waals surface area (Å²) in [6.45, 7) is 4.23. The molecule has 0 N–H and O–H groups in total. The van der Waals surface area contributed by atoms with Gasteiger partial charge in [0, 0.05) is 12.3 Å². The summed E-state index contributed by atoms with van der Waals surface area (Å²) in [6.07, 6.45) is 1.53. The minimum absolute atomic E-state index is 0.0351. The first-order chi connectivity index (χ1) is 13.3. The first kappa shape index (κ1) is 19.8. The fraction of sp³-hybridized carbons (Fsp3) is 0.350. The molecule has 0 saturated carbocycles. The fourth-order valence-electron chi connectivity index (χ4n) is 2.76. The molecule has 1 fully saturated rings. The third kappa shape index (κ3) is 4.31. The van der Waals surface area contributed by atoms with Gasteiger partial charge in [0.2, 0.25) is 11.8 Å². The van der Waals surface area contributed by atoms with Crippen LogP contribution in [0.25, 0.3) is 0 Å². The Hall–Kier alpha value is -2.92. The number of pyridine rings is 1. The number of benzene rings is 1. The smallest absolute Gasteiger partial charge is 0.227 e. The van der Waals surface area contributed by atoms with Gasteiger partial charge in [0.1, 0.15) is 12.2 Å². The number of carbonyl (C=O) groups excluding carboxylic acids is 1. The number of aromatic nitrogens is 1. The van der Waals surface area contributed by atoms with Gasteiger partial charge in [-0.1, -0.05) is 12.1 Å². The molecule has 1 aliphatic heterocycles. The van der Waals surface area contributed by atoms with Crippen molar-refractivity contribution in [1.29, 1.82) is 5.26 Å². The zero-order chi connectivity index (χ0) is 20.3. The number of nitrogens with zero attached hydrogens (tertiary/aromatic N) is 3. The maximum absolute atomic E-state index is 12.4. The lowest BCUT2D eigenvalue weighted by molar-refractivity contribution is -0.139. The summed E-state index contributed by atoms with van der Waals surface area (Å²) in [6, 6.07) is 11.7. The second-order valence-electron chi connectivity index (χ2n) is 6.95. The van der Waals surface area contributed by atoms with E-state index < -0.39 is 15.1 Å². The lowest BCUT2D eigenvalue weighted by Gasteiger charge is -2.38. The van der Waals surface area contributed by atoms with E-state index in [1.807, 2.05) is 6.07 Å². The van der Waals surface area contributed by atoms with Crippen molar-refractivity contribution in [2.24, 2.45) is 0 Å². The highest BCUT2D eigenvalue weighted by molar-refractivity contribution is 7.92. The normalized spacial score (nSPS) is 14.4. The van der Waals surface area contributed by atoms with Gasteiger partial charge in [-0.05, 0) is 37.6 Å². The minimum Gasteiger partial charge on any atom is -0.471 e. The number of rotatable bonds is 6. The van der Waals surface area contributed by atoms with Gasteiger partial charge >= 0.3 is 0 Å². The zero-order valence-corrected chi connectivity index (χ0v) is 16.5. The highest BCUT2D eigenvalue weighted by Crippen LogP contribution is 2.19. The van der Waals surface area contributed by atoms with Gasteiger partial charge in [0.15, 0.2) is 9.84 Å². The Kier molecular flexibility index (Phi) is 5.66. The van der Waals surface area contributed by atoms with E-state index in [0.29, 0.717) is 24.5 Å². The predicted octanol–water partition coefficient (Wildman–Crippen LogP) is 1.97. The molecule has 146 valence electrons. The van der Waals surface area contributed by atoms with Gasteiger partial charge in [-0.15, -0.1) is 0 Å². The summed E-state index contributed by atoms with van der Waals surface area (Å²) < 4.78 is 30.0. The topological polar surface area (TPSA) is 100 Å². The van der Waals surface area contributed by atoms with E-state index in [1.165, 1.54) is 6.20 Å². The highest BCUT2D eigenvalue weighted by atomic mass is 32.2. The second-order valence-corrected chi connectivity index (χ2v) is 9.45.